The van der Waals surface area contributed by atoms with E-state index >= 15 is 0 Å². The Morgan fingerprint density at radius 2 is 1.23 bits per heavy atom. The van der Waals surface area contributed by atoms with E-state index in [1.54, 1.807) is 12.1 Å². The van der Waals surface area contributed by atoms with E-state index in [-0.39, 0.29) is 12.2 Å². The molecule has 4 rings (SSSR count). The third-order valence-corrected chi connectivity index (χ3v) is 6.16. The number of carbonyl (C=O) groups excluding carboxylic acids is 1. The van der Waals surface area contributed by atoms with Crippen molar-refractivity contribution >= 4 is 5.78 Å². The van der Waals surface area contributed by atoms with E-state index in [0.717, 1.165) is 28.0 Å². The fourth-order valence-corrected chi connectivity index (χ4v) is 4.04. The van der Waals surface area contributed by atoms with Crippen LogP contribution < -0.4 is 4.74 Å². The van der Waals surface area contributed by atoms with Crippen LogP contribution in [0.5, 0.6) is 5.75 Å². The number of ketones is 1. The number of benzene rings is 4. The molecule has 0 fully saturated rings. The Bertz CT molecular complexity index is 1180. The fraction of sp³-hybridized carbons (Fsp3) is 0.194. The minimum atomic E-state index is -1.52. The average Bonchev–Trinajstić information content (AvgIpc) is 2.91. The van der Waals surface area contributed by atoms with Crippen molar-refractivity contribution in [2.24, 2.45) is 5.92 Å². The number of aryl methyl sites for hydroxylation is 1. The summed E-state index contributed by atoms with van der Waals surface area (Å²) < 4.78 is 5.85. The number of carbonyl (C=O) groups is 1. The molecule has 35 heavy (non-hydrogen) atoms. The molecule has 4 nitrogen and oxygen atoms in total. The van der Waals surface area contributed by atoms with E-state index < -0.39 is 12.2 Å². The van der Waals surface area contributed by atoms with Gasteiger partial charge in [-0.05, 0) is 47.2 Å². The topological polar surface area (TPSA) is 66.8 Å². The van der Waals surface area contributed by atoms with Crippen molar-refractivity contribution in [1.29, 1.82) is 0 Å². The molecule has 2 N–H and O–H groups in total. The van der Waals surface area contributed by atoms with Crippen LogP contribution in [0.2, 0.25) is 0 Å². The second-order valence-corrected chi connectivity index (χ2v) is 8.70. The summed E-state index contributed by atoms with van der Waals surface area (Å²) in [7, 11) is 0. The summed E-state index contributed by atoms with van der Waals surface area (Å²) in [6, 6.07) is 35.2. The SMILES string of the molecule is O=C(CC(CCc1ccccc1)C(O)O)c1ccc(-c2ccc(OCc3ccccc3)cc2)cc1. The average molecular weight is 467 g/mol. The lowest BCUT2D eigenvalue weighted by Crippen LogP contribution is -2.23. The zero-order chi connectivity index (χ0) is 24.5. The Morgan fingerprint density at radius 1 is 0.686 bits per heavy atom. The first kappa shape index (κ1) is 24.4. The van der Waals surface area contributed by atoms with Gasteiger partial charge in [0.25, 0.3) is 0 Å². The predicted octanol–water partition coefficient (Wildman–Crippen LogP) is 6.07. The molecule has 0 saturated heterocycles. The highest BCUT2D eigenvalue weighted by atomic mass is 16.5. The Hall–Kier alpha value is -3.73. The zero-order valence-corrected chi connectivity index (χ0v) is 19.6. The van der Waals surface area contributed by atoms with Gasteiger partial charge in [0.2, 0.25) is 0 Å². The van der Waals surface area contributed by atoms with E-state index in [0.29, 0.717) is 25.0 Å². The fourth-order valence-electron chi connectivity index (χ4n) is 4.04. The summed E-state index contributed by atoms with van der Waals surface area (Å²) in [6.45, 7) is 0.520. The van der Waals surface area contributed by atoms with Gasteiger partial charge < -0.3 is 14.9 Å². The molecule has 0 aliphatic heterocycles. The van der Waals surface area contributed by atoms with E-state index in [9.17, 15) is 15.0 Å². The number of aliphatic hydroxyl groups excluding tert-OH is 1. The molecule has 0 radical (unpaired) electrons. The molecule has 4 aromatic rings. The van der Waals surface area contributed by atoms with Crippen LogP contribution in [0.15, 0.2) is 109 Å². The normalized spacial score (nSPS) is 11.9. The highest BCUT2D eigenvalue weighted by Gasteiger charge is 2.21. The molecule has 0 saturated carbocycles. The maximum Gasteiger partial charge on any atom is 0.163 e. The van der Waals surface area contributed by atoms with Crippen LogP contribution in [0.1, 0.15) is 34.3 Å². The Kier molecular flexibility index (Phi) is 8.44. The van der Waals surface area contributed by atoms with Crippen LogP contribution in [-0.2, 0) is 13.0 Å². The molecule has 4 aromatic carbocycles. The second kappa shape index (κ2) is 12.1. The standard InChI is InChI=1S/C31H30O4/c32-30(21-28(31(33)34)12-11-23-7-3-1-4-8-23)27-15-13-25(14-16-27)26-17-19-29(20-18-26)35-22-24-9-5-2-6-10-24/h1-10,13-20,28,31,33-34H,11-12,21-22H2. The second-order valence-electron chi connectivity index (χ2n) is 8.70. The first-order chi connectivity index (χ1) is 17.1. The van der Waals surface area contributed by atoms with Crippen molar-refractivity contribution in [3.63, 3.8) is 0 Å². The summed E-state index contributed by atoms with van der Waals surface area (Å²) in [5.74, 6) is 0.201. The van der Waals surface area contributed by atoms with E-state index in [1.165, 1.54) is 0 Å². The van der Waals surface area contributed by atoms with Crippen LogP contribution in [0.3, 0.4) is 0 Å². The molecule has 0 amide bonds. The van der Waals surface area contributed by atoms with E-state index in [1.807, 2.05) is 97.1 Å². The summed E-state index contributed by atoms with van der Waals surface area (Å²) in [4.78, 5) is 12.8. The number of aliphatic hydroxyl groups is 2. The van der Waals surface area contributed by atoms with Gasteiger partial charge in [0.05, 0.1) is 0 Å². The van der Waals surface area contributed by atoms with Gasteiger partial charge in [-0.2, -0.15) is 0 Å². The largest absolute Gasteiger partial charge is 0.489 e. The quantitative estimate of drug-likeness (QED) is 0.208. The molecule has 0 heterocycles. The van der Waals surface area contributed by atoms with Gasteiger partial charge >= 0.3 is 0 Å². The minimum absolute atomic E-state index is 0.0904. The van der Waals surface area contributed by atoms with Crippen molar-refractivity contribution in [1.82, 2.24) is 0 Å². The van der Waals surface area contributed by atoms with Crippen molar-refractivity contribution in [2.75, 3.05) is 0 Å². The molecular formula is C31H30O4. The molecule has 1 atom stereocenters. The smallest absolute Gasteiger partial charge is 0.163 e. The van der Waals surface area contributed by atoms with Crippen LogP contribution in [0.25, 0.3) is 11.1 Å². The number of rotatable bonds is 11. The molecule has 0 aliphatic carbocycles. The first-order valence-corrected chi connectivity index (χ1v) is 11.9. The predicted molar refractivity (Wildman–Crippen MR) is 138 cm³/mol. The van der Waals surface area contributed by atoms with Crippen LogP contribution in [-0.4, -0.2) is 22.3 Å². The van der Waals surface area contributed by atoms with Crippen molar-refractivity contribution < 1.29 is 19.7 Å². The van der Waals surface area contributed by atoms with Crippen LogP contribution in [0.4, 0.5) is 0 Å². The van der Waals surface area contributed by atoms with Crippen LogP contribution >= 0.6 is 0 Å². The van der Waals surface area contributed by atoms with E-state index in [4.69, 9.17) is 4.74 Å². The van der Waals surface area contributed by atoms with Crippen molar-refractivity contribution in [3.05, 3.63) is 126 Å². The minimum Gasteiger partial charge on any atom is -0.489 e. The molecule has 0 aliphatic rings. The van der Waals surface area contributed by atoms with E-state index in [2.05, 4.69) is 0 Å². The Labute approximate surface area is 206 Å². The maximum absolute atomic E-state index is 12.8. The van der Waals surface area contributed by atoms with Crippen LogP contribution in [0, 0.1) is 5.92 Å². The van der Waals surface area contributed by atoms with Gasteiger partial charge in [-0.15, -0.1) is 0 Å². The lowest BCUT2D eigenvalue weighted by Gasteiger charge is -2.18. The first-order valence-electron chi connectivity index (χ1n) is 11.9. The van der Waals surface area contributed by atoms with Gasteiger partial charge in [-0.1, -0.05) is 97.1 Å². The van der Waals surface area contributed by atoms with Crippen molar-refractivity contribution in [3.8, 4) is 16.9 Å². The summed E-state index contributed by atoms with van der Waals surface area (Å²) in [5.41, 5.74) is 4.84. The molecule has 0 aromatic heterocycles. The molecule has 1 unspecified atom stereocenters. The lowest BCUT2D eigenvalue weighted by atomic mass is 9.91. The monoisotopic (exact) mass is 466 g/mol. The lowest BCUT2D eigenvalue weighted by molar-refractivity contribution is -0.0853. The molecule has 178 valence electrons. The number of hydrogen-bond acceptors (Lipinski definition) is 4. The summed E-state index contributed by atoms with van der Waals surface area (Å²) >= 11 is 0. The van der Waals surface area contributed by atoms with Gasteiger partial charge in [-0.3, -0.25) is 4.79 Å². The summed E-state index contributed by atoms with van der Waals surface area (Å²) in [5, 5.41) is 19.6. The van der Waals surface area contributed by atoms with Crippen molar-refractivity contribution in [2.45, 2.75) is 32.2 Å². The highest BCUT2D eigenvalue weighted by Crippen LogP contribution is 2.25. The number of ether oxygens (including phenoxy) is 1. The van der Waals surface area contributed by atoms with Gasteiger partial charge in [0, 0.05) is 17.9 Å². The van der Waals surface area contributed by atoms with Gasteiger partial charge in [-0.25, -0.2) is 0 Å². The maximum atomic E-state index is 12.8. The van der Waals surface area contributed by atoms with Gasteiger partial charge in [0.1, 0.15) is 12.4 Å². The molecular weight excluding hydrogens is 436 g/mol. The Balaban J connectivity index is 1.33. The third kappa shape index (κ3) is 7.12. The summed E-state index contributed by atoms with van der Waals surface area (Å²) in [6.07, 6.45) is -0.202. The third-order valence-electron chi connectivity index (χ3n) is 6.16. The van der Waals surface area contributed by atoms with Gasteiger partial charge in [0.15, 0.2) is 12.1 Å². The molecule has 4 heteroatoms. The number of hydrogen-bond donors (Lipinski definition) is 2. The zero-order valence-electron chi connectivity index (χ0n) is 19.6. The highest BCUT2D eigenvalue weighted by molar-refractivity contribution is 5.96. The molecule has 0 bridgehead atoms. The number of Topliss-reactive ketones (excluding diaryl/α,β-unsaturated/α-hetero) is 1. The molecule has 0 spiro atoms. The Morgan fingerprint density at radius 3 is 1.80 bits per heavy atom.